The van der Waals surface area contributed by atoms with Gasteiger partial charge in [0, 0.05) is 45.6 Å². The van der Waals surface area contributed by atoms with Gasteiger partial charge in [-0.25, -0.2) is 14.6 Å². The van der Waals surface area contributed by atoms with E-state index in [0.717, 1.165) is 47.5 Å². The van der Waals surface area contributed by atoms with E-state index in [-0.39, 0.29) is 11.8 Å². The van der Waals surface area contributed by atoms with Crippen LogP contribution in [0, 0.1) is 12.8 Å². The van der Waals surface area contributed by atoms with Crippen LogP contribution < -0.4 is 15.1 Å². The molecule has 1 aliphatic heterocycles. The van der Waals surface area contributed by atoms with Crippen LogP contribution >= 0.6 is 0 Å². The van der Waals surface area contributed by atoms with Gasteiger partial charge < -0.3 is 15.1 Å². The summed E-state index contributed by atoms with van der Waals surface area (Å²) in [5.74, 6) is 0.846. The molecule has 0 aliphatic carbocycles. The first-order valence-electron chi connectivity index (χ1n) is 12.0. The molecule has 1 saturated heterocycles. The van der Waals surface area contributed by atoms with Crippen molar-refractivity contribution in [1.29, 1.82) is 0 Å². The number of hydrogen-bond donors (Lipinski definition) is 1. The van der Waals surface area contributed by atoms with E-state index in [9.17, 15) is 4.79 Å². The number of benzene rings is 2. The minimum absolute atomic E-state index is 0.0815. The molecule has 3 heterocycles. The Morgan fingerprint density at radius 2 is 1.86 bits per heavy atom. The zero-order chi connectivity index (χ0) is 24.4. The van der Waals surface area contributed by atoms with Crippen molar-refractivity contribution in [3.63, 3.8) is 0 Å². The molecule has 1 aliphatic rings. The number of rotatable bonds is 6. The van der Waals surface area contributed by atoms with Crippen molar-refractivity contribution in [1.82, 2.24) is 25.1 Å². The summed E-state index contributed by atoms with van der Waals surface area (Å²) in [4.78, 5) is 26.2. The molecule has 1 atom stereocenters. The Morgan fingerprint density at radius 3 is 2.60 bits per heavy atom. The third-order valence-electron chi connectivity index (χ3n) is 6.61. The van der Waals surface area contributed by atoms with E-state index in [4.69, 9.17) is 0 Å². The van der Waals surface area contributed by atoms with Gasteiger partial charge >= 0.3 is 0 Å². The predicted molar refractivity (Wildman–Crippen MR) is 139 cm³/mol. The molecule has 0 spiro atoms. The van der Waals surface area contributed by atoms with Gasteiger partial charge in [0.15, 0.2) is 5.65 Å². The first kappa shape index (κ1) is 22.8. The van der Waals surface area contributed by atoms with Crippen molar-refractivity contribution >= 4 is 28.4 Å². The number of hydrogen-bond acceptors (Lipinski definition) is 6. The van der Waals surface area contributed by atoms with Gasteiger partial charge in [0.2, 0.25) is 5.91 Å². The normalized spacial score (nSPS) is 15.9. The lowest BCUT2D eigenvalue weighted by Gasteiger charge is -2.33. The maximum Gasteiger partial charge on any atom is 0.225 e. The fraction of sp³-hybridized carbons (Fsp3) is 0.333. The van der Waals surface area contributed by atoms with Crippen LogP contribution in [0.1, 0.15) is 24.0 Å². The molecule has 0 radical (unpaired) electrons. The summed E-state index contributed by atoms with van der Waals surface area (Å²) in [6.07, 6.45) is 5.35. The largest absolute Gasteiger partial charge is 0.378 e. The first-order chi connectivity index (χ1) is 17.0. The number of piperidine rings is 1. The number of carbonyl (C=O) groups is 1. The highest BCUT2D eigenvalue weighted by Gasteiger charge is 2.28. The van der Waals surface area contributed by atoms with Crippen molar-refractivity contribution in [2.24, 2.45) is 5.92 Å². The fourth-order valence-electron chi connectivity index (χ4n) is 4.54. The highest BCUT2D eigenvalue weighted by Crippen LogP contribution is 2.28. The van der Waals surface area contributed by atoms with E-state index in [1.54, 1.807) is 6.33 Å². The number of aromatic nitrogens is 4. The van der Waals surface area contributed by atoms with Gasteiger partial charge in [0.05, 0.1) is 17.0 Å². The number of nitrogens with one attached hydrogen (secondary N) is 1. The molecule has 1 fully saturated rings. The van der Waals surface area contributed by atoms with Crippen LogP contribution in [0.25, 0.3) is 16.7 Å². The smallest absolute Gasteiger partial charge is 0.225 e. The number of anilines is 2. The van der Waals surface area contributed by atoms with E-state index in [2.05, 4.69) is 73.5 Å². The van der Waals surface area contributed by atoms with Gasteiger partial charge in [0.25, 0.3) is 0 Å². The molecule has 35 heavy (non-hydrogen) atoms. The molecule has 1 amide bonds. The molecule has 5 rings (SSSR count). The van der Waals surface area contributed by atoms with Crippen molar-refractivity contribution in [2.75, 3.05) is 37.0 Å². The number of amides is 1. The SMILES string of the molecule is Cc1ccc(-n2cc3c(N4CCC[C@@H](C(=O)NCc5ccc(N(C)C)cc5)C4)ncnc3n2)cc1. The predicted octanol–water partition coefficient (Wildman–Crippen LogP) is 3.72. The second-order valence-electron chi connectivity index (χ2n) is 9.41. The van der Waals surface area contributed by atoms with E-state index in [1.165, 1.54) is 5.56 Å². The number of carbonyl (C=O) groups excluding carboxylic acids is 1. The zero-order valence-electron chi connectivity index (χ0n) is 20.5. The van der Waals surface area contributed by atoms with Crippen LogP contribution in [0.15, 0.2) is 61.1 Å². The molecule has 0 saturated carbocycles. The second kappa shape index (κ2) is 9.74. The lowest BCUT2D eigenvalue weighted by molar-refractivity contribution is -0.125. The molecule has 8 nitrogen and oxygen atoms in total. The van der Waals surface area contributed by atoms with Gasteiger partial charge in [-0.3, -0.25) is 4.79 Å². The molecule has 8 heteroatoms. The summed E-state index contributed by atoms with van der Waals surface area (Å²) in [5, 5.41) is 8.69. The van der Waals surface area contributed by atoms with Gasteiger partial charge in [0.1, 0.15) is 12.1 Å². The molecule has 2 aromatic carbocycles. The van der Waals surface area contributed by atoms with Gasteiger partial charge in [-0.1, -0.05) is 29.8 Å². The molecular formula is C27H31N7O. The summed E-state index contributed by atoms with van der Waals surface area (Å²) in [7, 11) is 4.04. The summed E-state index contributed by atoms with van der Waals surface area (Å²) in [6.45, 7) is 4.09. The van der Waals surface area contributed by atoms with E-state index >= 15 is 0 Å². The molecule has 180 valence electrons. The third kappa shape index (κ3) is 4.96. The standard InChI is InChI=1S/C27H31N7O/c1-19-6-10-23(11-7-19)34-17-24-25(31-34)29-18-30-26(24)33-14-4-5-21(16-33)27(35)28-15-20-8-12-22(13-9-20)32(2)3/h6-13,17-18,21H,4-5,14-16H2,1-3H3,(H,28,35)/t21-/m1/s1. The van der Waals surface area contributed by atoms with Crippen LogP contribution in [0.3, 0.4) is 0 Å². The highest BCUT2D eigenvalue weighted by molar-refractivity contribution is 5.87. The van der Waals surface area contributed by atoms with Gasteiger partial charge in [-0.15, -0.1) is 5.10 Å². The Hall–Kier alpha value is -3.94. The van der Waals surface area contributed by atoms with Crippen LogP contribution in [-0.4, -0.2) is 52.8 Å². The van der Waals surface area contributed by atoms with Crippen LogP contribution in [0.5, 0.6) is 0 Å². The lowest BCUT2D eigenvalue weighted by atomic mass is 9.97. The maximum absolute atomic E-state index is 13.0. The summed E-state index contributed by atoms with van der Waals surface area (Å²) in [5.41, 5.74) is 5.08. The number of fused-ring (bicyclic) bond motifs is 1. The van der Waals surface area contributed by atoms with Gasteiger partial charge in [-0.05, 0) is 49.6 Å². The number of aryl methyl sites for hydroxylation is 1. The average molecular weight is 470 g/mol. The minimum Gasteiger partial charge on any atom is -0.378 e. The fourth-order valence-corrected chi connectivity index (χ4v) is 4.54. The monoisotopic (exact) mass is 469 g/mol. The Kier molecular flexibility index (Phi) is 6.35. The number of nitrogens with zero attached hydrogens (tertiary/aromatic N) is 6. The Morgan fingerprint density at radius 1 is 1.09 bits per heavy atom. The Labute approximate surface area is 205 Å². The van der Waals surface area contributed by atoms with Gasteiger partial charge in [-0.2, -0.15) is 0 Å². The third-order valence-corrected chi connectivity index (χ3v) is 6.61. The first-order valence-corrected chi connectivity index (χ1v) is 12.0. The van der Waals surface area contributed by atoms with Crippen molar-refractivity contribution in [2.45, 2.75) is 26.3 Å². The van der Waals surface area contributed by atoms with Crippen LogP contribution in [0.2, 0.25) is 0 Å². The molecular weight excluding hydrogens is 438 g/mol. The van der Waals surface area contributed by atoms with E-state index < -0.39 is 0 Å². The summed E-state index contributed by atoms with van der Waals surface area (Å²) in [6, 6.07) is 16.5. The minimum atomic E-state index is -0.0815. The lowest BCUT2D eigenvalue weighted by Crippen LogP contribution is -2.43. The van der Waals surface area contributed by atoms with Crippen LogP contribution in [0.4, 0.5) is 11.5 Å². The zero-order valence-corrected chi connectivity index (χ0v) is 20.5. The summed E-state index contributed by atoms with van der Waals surface area (Å²) < 4.78 is 1.85. The molecule has 1 N–H and O–H groups in total. The van der Waals surface area contributed by atoms with Crippen LogP contribution in [-0.2, 0) is 11.3 Å². The van der Waals surface area contributed by atoms with E-state index in [0.29, 0.717) is 18.7 Å². The van der Waals surface area contributed by atoms with E-state index in [1.807, 2.05) is 37.1 Å². The topological polar surface area (TPSA) is 79.2 Å². The maximum atomic E-state index is 13.0. The van der Waals surface area contributed by atoms with Crippen molar-refractivity contribution in [3.8, 4) is 5.69 Å². The average Bonchev–Trinajstić information content (AvgIpc) is 3.32. The molecule has 4 aromatic rings. The Bertz CT molecular complexity index is 1310. The van der Waals surface area contributed by atoms with Crippen molar-refractivity contribution in [3.05, 3.63) is 72.2 Å². The molecule has 0 bridgehead atoms. The quantitative estimate of drug-likeness (QED) is 0.464. The Balaban J connectivity index is 1.29. The van der Waals surface area contributed by atoms with Crippen molar-refractivity contribution < 1.29 is 4.79 Å². The second-order valence-corrected chi connectivity index (χ2v) is 9.41. The molecule has 2 aromatic heterocycles. The molecule has 0 unspecified atom stereocenters. The highest BCUT2D eigenvalue weighted by atomic mass is 16.1. The summed E-state index contributed by atoms with van der Waals surface area (Å²) >= 11 is 0.